The van der Waals surface area contributed by atoms with Crippen LogP contribution in [0, 0.1) is 0 Å². The number of carbonyl (C=O) groups is 1. The Bertz CT molecular complexity index is 1350. The Morgan fingerprint density at radius 3 is 2.51 bits per heavy atom. The van der Waals surface area contributed by atoms with Gasteiger partial charge in [-0.15, -0.1) is 0 Å². The molecular weight excluding hydrogens is 464 g/mol. The van der Waals surface area contributed by atoms with Crippen LogP contribution in [-0.2, 0) is 10.0 Å². The van der Waals surface area contributed by atoms with Gasteiger partial charge in [0.15, 0.2) is 11.5 Å². The van der Waals surface area contributed by atoms with E-state index < -0.39 is 10.0 Å². The third kappa shape index (κ3) is 5.02. The van der Waals surface area contributed by atoms with Crippen molar-refractivity contribution in [1.82, 2.24) is 0 Å². The van der Waals surface area contributed by atoms with E-state index in [2.05, 4.69) is 0 Å². The molecule has 180 valence electrons. The fraction of sp³-hybridized carbons (Fsp3) is 0.222. The lowest BCUT2D eigenvalue weighted by atomic mass is 10.1. The zero-order chi connectivity index (χ0) is 24.3. The highest BCUT2D eigenvalue weighted by atomic mass is 32.2. The second kappa shape index (κ2) is 9.84. The van der Waals surface area contributed by atoms with Crippen LogP contribution in [0.2, 0.25) is 0 Å². The second-order valence-corrected chi connectivity index (χ2v) is 10.4. The summed E-state index contributed by atoms with van der Waals surface area (Å²) in [7, 11) is -3.34. The first-order valence-corrected chi connectivity index (χ1v) is 13.2. The molecule has 0 spiro atoms. The summed E-state index contributed by atoms with van der Waals surface area (Å²) in [4.78, 5) is 15.4. The monoisotopic (exact) mass is 490 g/mol. The normalized spacial score (nSPS) is 16.4. The van der Waals surface area contributed by atoms with Gasteiger partial charge < -0.3 is 14.4 Å². The van der Waals surface area contributed by atoms with E-state index in [9.17, 15) is 13.2 Å². The molecule has 7 nitrogen and oxygen atoms in total. The lowest BCUT2D eigenvalue weighted by Crippen LogP contribution is -2.32. The molecule has 0 N–H and O–H groups in total. The number of carbonyl (C=O) groups excluding carboxylic acids is 1. The van der Waals surface area contributed by atoms with E-state index in [0.717, 1.165) is 5.56 Å². The van der Waals surface area contributed by atoms with Gasteiger partial charge in [0.1, 0.15) is 13.2 Å². The van der Waals surface area contributed by atoms with Crippen LogP contribution in [0.25, 0.3) is 6.08 Å². The highest BCUT2D eigenvalue weighted by molar-refractivity contribution is 7.93. The number of hydrogen-bond donors (Lipinski definition) is 0. The zero-order valence-corrected chi connectivity index (χ0v) is 20.0. The van der Waals surface area contributed by atoms with Gasteiger partial charge in [0.2, 0.25) is 10.0 Å². The molecular formula is C27H26N2O5S. The number of rotatable bonds is 6. The third-order valence-corrected chi connectivity index (χ3v) is 7.83. The van der Waals surface area contributed by atoms with Crippen LogP contribution in [0.1, 0.15) is 22.3 Å². The zero-order valence-electron chi connectivity index (χ0n) is 19.2. The molecule has 3 aromatic carbocycles. The molecule has 2 aliphatic heterocycles. The number of nitrogens with zero attached hydrogens (tertiary/aromatic N) is 2. The number of hydrogen-bond acceptors (Lipinski definition) is 5. The smallest absolute Gasteiger partial charge is 0.258 e. The maximum absolute atomic E-state index is 13.7. The van der Waals surface area contributed by atoms with Crippen molar-refractivity contribution in [2.45, 2.75) is 6.42 Å². The van der Waals surface area contributed by atoms with Gasteiger partial charge in [0.05, 0.1) is 11.4 Å². The van der Waals surface area contributed by atoms with Crippen LogP contribution in [0.5, 0.6) is 11.5 Å². The Balaban J connectivity index is 1.47. The van der Waals surface area contributed by atoms with Crippen molar-refractivity contribution in [3.63, 3.8) is 0 Å². The maximum Gasteiger partial charge on any atom is 0.258 e. The maximum atomic E-state index is 13.7. The molecule has 0 bridgehead atoms. The van der Waals surface area contributed by atoms with Crippen LogP contribution < -0.4 is 18.7 Å². The van der Waals surface area contributed by atoms with Crippen molar-refractivity contribution in [3.05, 3.63) is 90.0 Å². The number of ether oxygens (including phenoxy) is 2. The van der Waals surface area contributed by atoms with E-state index >= 15 is 0 Å². The van der Waals surface area contributed by atoms with E-state index in [1.54, 1.807) is 41.3 Å². The first-order valence-electron chi connectivity index (χ1n) is 11.5. The molecule has 0 unspecified atom stereocenters. The van der Waals surface area contributed by atoms with Crippen LogP contribution in [0.4, 0.5) is 11.4 Å². The molecule has 1 amide bonds. The van der Waals surface area contributed by atoms with E-state index in [1.807, 2.05) is 48.6 Å². The van der Waals surface area contributed by atoms with E-state index in [1.165, 1.54) is 4.31 Å². The predicted molar refractivity (Wildman–Crippen MR) is 137 cm³/mol. The Morgan fingerprint density at radius 1 is 0.943 bits per heavy atom. The van der Waals surface area contributed by atoms with Crippen molar-refractivity contribution in [2.24, 2.45) is 0 Å². The molecule has 0 radical (unpaired) electrons. The minimum Gasteiger partial charge on any atom is -0.486 e. The summed E-state index contributed by atoms with van der Waals surface area (Å²) in [6.07, 6.45) is 4.47. The highest BCUT2D eigenvalue weighted by Crippen LogP contribution is 2.35. The molecule has 1 saturated heterocycles. The van der Waals surface area contributed by atoms with Crippen molar-refractivity contribution in [2.75, 3.05) is 41.3 Å². The lowest BCUT2D eigenvalue weighted by Gasteiger charge is -2.25. The van der Waals surface area contributed by atoms with Crippen LogP contribution in [0.15, 0.2) is 78.9 Å². The summed E-state index contributed by atoms with van der Waals surface area (Å²) in [5, 5.41) is 0. The molecule has 2 aliphatic rings. The summed E-state index contributed by atoms with van der Waals surface area (Å²) in [5.74, 6) is 1.13. The molecule has 0 saturated carbocycles. The van der Waals surface area contributed by atoms with Gasteiger partial charge in [0, 0.05) is 30.4 Å². The molecule has 3 aromatic rings. The van der Waals surface area contributed by atoms with Gasteiger partial charge in [-0.2, -0.15) is 0 Å². The largest absolute Gasteiger partial charge is 0.486 e. The quantitative estimate of drug-likeness (QED) is 0.513. The fourth-order valence-electron chi connectivity index (χ4n) is 4.24. The van der Waals surface area contributed by atoms with Crippen LogP contribution in [0.3, 0.4) is 0 Å². The summed E-state index contributed by atoms with van der Waals surface area (Å²) < 4.78 is 37.6. The van der Waals surface area contributed by atoms with Crippen molar-refractivity contribution in [1.29, 1.82) is 0 Å². The molecule has 5 rings (SSSR count). The SMILES string of the molecule is O=C(c1cccc(N2CCCS2(=O)=O)c1)N(C/C=C/c1ccccc1)c1ccc2c(c1)OCCO2. The first kappa shape index (κ1) is 23.0. The summed E-state index contributed by atoms with van der Waals surface area (Å²) in [5.41, 5.74) is 2.61. The number of fused-ring (bicyclic) bond motifs is 1. The Hall–Kier alpha value is -3.78. The Morgan fingerprint density at radius 2 is 1.74 bits per heavy atom. The summed E-state index contributed by atoms with van der Waals surface area (Å²) in [6.45, 7) is 1.68. The second-order valence-electron chi connectivity index (χ2n) is 8.35. The molecule has 0 aliphatic carbocycles. The van der Waals surface area contributed by atoms with Gasteiger partial charge in [-0.25, -0.2) is 8.42 Å². The van der Waals surface area contributed by atoms with E-state index in [-0.39, 0.29) is 11.7 Å². The average molecular weight is 491 g/mol. The fourth-order valence-corrected chi connectivity index (χ4v) is 5.80. The Kier molecular flexibility index (Phi) is 6.46. The summed E-state index contributed by atoms with van der Waals surface area (Å²) in [6, 6.07) is 22.1. The summed E-state index contributed by atoms with van der Waals surface area (Å²) >= 11 is 0. The molecule has 8 heteroatoms. The molecule has 1 fully saturated rings. The first-order chi connectivity index (χ1) is 17.0. The highest BCUT2D eigenvalue weighted by Gasteiger charge is 2.29. The minimum atomic E-state index is -3.34. The number of amides is 1. The number of anilines is 2. The van der Waals surface area contributed by atoms with Gasteiger partial charge in [-0.3, -0.25) is 9.10 Å². The van der Waals surface area contributed by atoms with Gasteiger partial charge in [-0.1, -0.05) is 48.6 Å². The minimum absolute atomic E-state index is 0.124. The molecule has 0 aromatic heterocycles. The molecule has 0 atom stereocenters. The van der Waals surface area contributed by atoms with E-state index in [0.29, 0.717) is 61.2 Å². The lowest BCUT2D eigenvalue weighted by molar-refractivity contribution is 0.0989. The van der Waals surface area contributed by atoms with Gasteiger partial charge >= 0.3 is 0 Å². The van der Waals surface area contributed by atoms with E-state index in [4.69, 9.17) is 9.47 Å². The van der Waals surface area contributed by atoms with Crippen LogP contribution in [-0.4, -0.2) is 46.4 Å². The number of benzene rings is 3. The number of sulfonamides is 1. The third-order valence-electron chi connectivity index (χ3n) is 5.96. The van der Waals surface area contributed by atoms with Crippen molar-refractivity contribution < 1.29 is 22.7 Å². The molecule has 2 heterocycles. The average Bonchev–Trinajstić information content (AvgIpc) is 3.25. The predicted octanol–water partition coefficient (Wildman–Crippen LogP) is 4.36. The molecule has 35 heavy (non-hydrogen) atoms. The van der Waals surface area contributed by atoms with Crippen molar-refractivity contribution in [3.8, 4) is 11.5 Å². The van der Waals surface area contributed by atoms with Crippen LogP contribution >= 0.6 is 0 Å². The standard InChI is InChI=1S/C27H26N2O5S/c30-27(22-10-4-11-24(19-22)29-15-6-18-35(29,31)32)28(14-5-9-21-7-2-1-3-8-21)23-12-13-25-26(20-23)34-17-16-33-25/h1-5,7-13,19-20H,6,14-18H2/b9-5+. The topological polar surface area (TPSA) is 76.2 Å². The van der Waals surface area contributed by atoms with Crippen molar-refractivity contribution >= 4 is 33.4 Å². The van der Waals surface area contributed by atoms with Gasteiger partial charge in [0.25, 0.3) is 5.91 Å². The Labute approximate surface area is 205 Å². The van der Waals surface area contributed by atoms with Gasteiger partial charge in [-0.05, 0) is 42.3 Å².